The Balaban J connectivity index is 1.55. The van der Waals surface area contributed by atoms with Crippen LogP contribution in [-0.4, -0.2) is 37.6 Å². The van der Waals surface area contributed by atoms with Gasteiger partial charge in [-0.3, -0.25) is 0 Å². The van der Waals surface area contributed by atoms with E-state index in [1.54, 1.807) is 0 Å². The van der Waals surface area contributed by atoms with Crippen molar-refractivity contribution in [2.75, 3.05) is 32.7 Å². The second-order valence-corrected chi connectivity index (χ2v) is 5.59. The molecule has 0 radical (unpaired) electrons. The molecule has 94 valence electrons. The molecule has 2 rings (SSSR count). The van der Waals surface area contributed by atoms with Crippen LogP contribution in [0.1, 0.15) is 51.4 Å². The van der Waals surface area contributed by atoms with E-state index in [4.69, 9.17) is 0 Å². The van der Waals surface area contributed by atoms with Crippen LogP contribution in [-0.2, 0) is 0 Å². The van der Waals surface area contributed by atoms with Gasteiger partial charge in [0.05, 0.1) is 0 Å². The zero-order valence-corrected chi connectivity index (χ0v) is 10.7. The maximum Gasteiger partial charge on any atom is -0.00186 e. The first-order chi connectivity index (χ1) is 7.95. The molecule has 2 heteroatoms. The summed E-state index contributed by atoms with van der Waals surface area (Å²) in [6, 6.07) is 0. The molecular weight excluding hydrogens is 196 g/mol. The highest BCUT2D eigenvalue weighted by atomic mass is 15.1. The molecule has 16 heavy (non-hydrogen) atoms. The number of nitrogens with one attached hydrogen (secondary N) is 1. The van der Waals surface area contributed by atoms with Gasteiger partial charge in [-0.1, -0.05) is 12.8 Å². The van der Waals surface area contributed by atoms with Crippen LogP contribution in [0.3, 0.4) is 0 Å². The predicted octanol–water partition coefficient (Wildman–Crippen LogP) is 2.64. The van der Waals surface area contributed by atoms with Gasteiger partial charge in [0.15, 0.2) is 0 Å². The van der Waals surface area contributed by atoms with E-state index >= 15 is 0 Å². The summed E-state index contributed by atoms with van der Waals surface area (Å²) in [5.41, 5.74) is 0. The molecule has 0 bridgehead atoms. The molecule has 2 nitrogen and oxygen atoms in total. The van der Waals surface area contributed by atoms with Crippen LogP contribution in [0.5, 0.6) is 0 Å². The average molecular weight is 224 g/mol. The van der Waals surface area contributed by atoms with E-state index in [1.165, 1.54) is 84.1 Å². The Labute approximate surface area is 101 Å². The van der Waals surface area contributed by atoms with E-state index in [1.807, 2.05) is 0 Å². The molecule has 0 amide bonds. The highest BCUT2D eigenvalue weighted by Crippen LogP contribution is 2.18. The molecule has 0 unspecified atom stereocenters. The predicted molar refractivity (Wildman–Crippen MR) is 69.7 cm³/mol. The van der Waals surface area contributed by atoms with Crippen LogP contribution in [0.25, 0.3) is 0 Å². The molecule has 0 aromatic heterocycles. The summed E-state index contributed by atoms with van der Waals surface area (Å²) >= 11 is 0. The number of hydrogen-bond acceptors (Lipinski definition) is 2. The number of rotatable bonds is 4. The second-order valence-electron chi connectivity index (χ2n) is 5.59. The van der Waals surface area contributed by atoms with Crippen LogP contribution >= 0.6 is 0 Å². The SMILES string of the molecule is C1CCCN(CCCC2CCNCC2)CC1. The van der Waals surface area contributed by atoms with Crippen molar-refractivity contribution in [3.63, 3.8) is 0 Å². The molecule has 0 aromatic rings. The first-order valence-electron chi connectivity index (χ1n) is 7.38. The largest absolute Gasteiger partial charge is 0.317 e. The lowest BCUT2D eigenvalue weighted by Gasteiger charge is -2.24. The summed E-state index contributed by atoms with van der Waals surface area (Å²) in [4.78, 5) is 2.70. The highest BCUT2D eigenvalue weighted by molar-refractivity contribution is 4.70. The Kier molecular flexibility index (Phi) is 5.64. The topological polar surface area (TPSA) is 15.3 Å². The Morgan fingerprint density at radius 1 is 0.938 bits per heavy atom. The van der Waals surface area contributed by atoms with Gasteiger partial charge in [-0.05, 0) is 77.2 Å². The second kappa shape index (κ2) is 7.29. The minimum atomic E-state index is 1.02. The highest BCUT2D eigenvalue weighted by Gasteiger charge is 2.13. The molecule has 1 N–H and O–H groups in total. The Morgan fingerprint density at radius 2 is 1.62 bits per heavy atom. The molecule has 2 fully saturated rings. The van der Waals surface area contributed by atoms with Crippen LogP contribution in [0.4, 0.5) is 0 Å². The van der Waals surface area contributed by atoms with Crippen molar-refractivity contribution in [3.05, 3.63) is 0 Å². The van der Waals surface area contributed by atoms with Crippen LogP contribution in [0.15, 0.2) is 0 Å². The van der Waals surface area contributed by atoms with Gasteiger partial charge in [0, 0.05) is 0 Å². The molecule has 2 aliphatic rings. The van der Waals surface area contributed by atoms with Crippen molar-refractivity contribution < 1.29 is 0 Å². The lowest BCUT2D eigenvalue weighted by molar-refractivity contribution is 0.259. The minimum Gasteiger partial charge on any atom is -0.317 e. The van der Waals surface area contributed by atoms with Gasteiger partial charge in [-0.25, -0.2) is 0 Å². The fourth-order valence-electron chi connectivity index (χ4n) is 3.13. The molecule has 0 aliphatic carbocycles. The van der Waals surface area contributed by atoms with Gasteiger partial charge in [-0.2, -0.15) is 0 Å². The van der Waals surface area contributed by atoms with E-state index in [2.05, 4.69) is 10.2 Å². The van der Waals surface area contributed by atoms with E-state index in [0.29, 0.717) is 0 Å². The number of nitrogens with zero attached hydrogens (tertiary/aromatic N) is 1. The first kappa shape index (κ1) is 12.4. The zero-order chi connectivity index (χ0) is 11.1. The lowest BCUT2D eigenvalue weighted by atomic mass is 9.93. The van der Waals surface area contributed by atoms with Gasteiger partial charge < -0.3 is 10.2 Å². The fraction of sp³-hybridized carbons (Fsp3) is 1.00. The van der Waals surface area contributed by atoms with Gasteiger partial charge in [-0.15, -0.1) is 0 Å². The minimum absolute atomic E-state index is 1.02. The first-order valence-corrected chi connectivity index (χ1v) is 7.38. The monoisotopic (exact) mass is 224 g/mol. The van der Waals surface area contributed by atoms with Gasteiger partial charge >= 0.3 is 0 Å². The van der Waals surface area contributed by atoms with E-state index in [-0.39, 0.29) is 0 Å². The summed E-state index contributed by atoms with van der Waals surface area (Å²) in [5, 5.41) is 3.45. The number of likely N-dealkylation sites (tertiary alicyclic amines) is 1. The average Bonchev–Trinajstić information content (AvgIpc) is 2.59. The van der Waals surface area contributed by atoms with Crippen molar-refractivity contribution in [2.24, 2.45) is 5.92 Å². The van der Waals surface area contributed by atoms with Crippen molar-refractivity contribution in [2.45, 2.75) is 51.4 Å². The van der Waals surface area contributed by atoms with Gasteiger partial charge in [0.1, 0.15) is 0 Å². The molecule has 0 aromatic carbocycles. The van der Waals surface area contributed by atoms with Crippen molar-refractivity contribution >= 4 is 0 Å². The summed E-state index contributed by atoms with van der Waals surface area (Å²) in [6.45, 7) is 6.62. The molecule has 0 atom stereocenters. The number of piperidine rings is 1. The molecule has 0 saturated carbocycles. The summed E-state index contributed by atoms with van der Waals surface area (Å²) in [7, 11) is 0. The van der Waals surface area contributed by atoms with Crippen molar-refractivity contribution in [1.29, 1.82) is 0 Å². The Morgan fingerprint density at radius 3 is 2.31 bits per heavy atom. The van der Waals surface area contributed by atoms with Gasteiger partial charge in [0.2, 0.25) is 0 Å². The van der Waals surface area contributed by atoms with Crippen LogP contribution in [0, 0.1) is 5.92 Å². The third-order valence-electron chi connectivity index (χ3n) is 4.24. The molecule has 2 aliphatic heterocycles. The smallest absolute Gasteiger partial charge is 0.00186 e. The summed E-state index contributed by atoms with van der Waals surface area (Å²) < 4.78 is 0. The van der Waals surface area contributed by atoms with E-state index in [9.17, 15) is 0 Å². The van der Waals surface area contributed by atoms with E-state index in [0.717, 1.165) is 5.92 Å². The Bertz CT molecular complexity index is 168. The van der Waals surface area contributed by atoms with Crippen LogP contribution in [0.2, 0.25) is 0 Å². The molecule has 2 saturated heterocycles. The maximum absolute atomic E-state index is 3.45. The third-order valence-corrected chi connectivity index (χ3v) is 4.24. The summed E-state index contributed by atoms with van der Waals surface area (Å²) in [6.07, 6.45) is 11.5. The van der Waals surface area contributed by atoms with Crippen molar-refractivity contribution in [3.8, 4) is 0 Å². The molecular formula is C14H28N2. The third kappa shape index (κ3) is 4.42. The fourth-order valence-corrected chi connectivity index (χ4v) is 3.13. The Hall–Kier alpha value is -0.0800. The standard InChI is InChI=1S/C14H28N2/c1-2-4-12-16(11-3-1)13-5-6-14-7-9-15-10-8-14/h14-15H,1-13H2. The normalized spacial score (nSPS) is 25.5. The van der Waals surface area contributed by atoms with Crippen LogP contribution < -0.4 is 5.32 Å². The van der Waals surface area contributed by atoms with E-state index < -0.39 is 0 Å². The zero-order valence-electron chi connectivity index (χ0n) is 10.7. The number of hydrogen-bond donors (Lipinski definition) is 1. The summed E-state index contributed by atoms with van der Waals surface area (Å²) in [5.74, 6) is 1.02. The van der Waals surface area contributed by atoms with Gasteiger partial charge in [0.25, 0.3) is 0 Å². The van der Waals surface area contributed by atoms with Crippen molar-refractivity contribution in [1.82, 2.24) is 10.2 Å². The lowest BCUT2D eigenvalue weighted by Crippen LogP contribution is -2.29. The molecule has 0 spiro atoms. The maximum atomic E-state index is 3.45. The quantitative estimate of drug-likeness (QED) is 0.790. The molecule has 2 heterocycles.